The van der Waals surface area contributed by atoms with E-state index in [9.17, 15) is 8.78 Å². The summed E-state index contributed by atoms with van der Waals surface area (Å²) in [6.45, 7) is 0. The van der Waals surface area contributed by atoms with Crippen LogP contribution in [0.2, 0.25) is 5.02 Å². The molecule has 0 aliphatic carbocycles. The molecule has 0 saturated heterocycles. The second kappa shape index (κ2) is 5.22. The molecule has 0 radical (unpaired) electrons. The van der Waals surface area contributed by atoms with E-state index in [1.54, 1.807) is 24.3 Å². The van der Waals surface area contributed by atoms with Gasteiger partial charge in [-0.1, -0.05) is 35.9 Å². The van der Waals surface area contributed by atoms with E-state index in [4.69, 9.17) is 22.1 Å². The van der Waals surface area contributed by atoms with Gasteiger partial charge in [0.05, 0.1) is 5.69 Å². The van der Waals surface area contributed by atoms with Crippen LogP contribution in [0.3, 0.4) is 0 Å². The second-order valence-corrected chi connectivity index (χ2v) is 4.88. The van der Waals surface area contributed by atoms with Crippen LogP contribution in [0.15, 0.2) is 48.5 Å². The molecule has 0 heterocycles. The van der Waals surface area contributed by atoms with Gasteiger partial charge in [0, 0.05) is 15.8 Å². The van der Waals surface area contributed by atoms with E-state index in [0.717, 1.165) is 11.5 Å². The van der Waals surface area contributed by atoms with Gasteiger partial charge in [-0.25, -0.2) is 4.39 Å². The molecule has 3 aromatic carbocycles. The predicted octanol–water partition coefficient (Wildman–Crippen LogP) is 5.15. The quantitative estimate of drug-likeness (QED) is 0.665. The van der Waals surface area contributed by atoms with Crippen LogP contribution >= 0.6 is 11.6 Å². The predicted molar refractivity (Wildman–Crippen MR) is 79.8 cm³/mol. The fourth-order valence-corrected chi connectivity index (χ4v) is 2.31. The maximum atomic E-state index is 13.8. The van der Waals surface area contributed by atoms with Gasteiger partial charge in [0.1, 0.15) is 5.75 Å². The Labute approximate surface area is 124 Å². The van der Waals surface area contributed by atoms with E-state index in [-0.39, 0.29) is 11.4 Å². The van der Waals surface area contributed by atoms with Crippen LogP contribution in [-0.2, 0) is 0 Å². The van der Waals surface area contributed by atoms with Crippen LogP contribution in [0.25, 0.3) is 10.8 Å². The summed E-state index contributed by atoms with van der Waals surface area (Å²) in [7, 11) is 0. The molecule has 2 N–H and O–H groups in total. The average Bonchev–Trinajstić information content (AvgIpc) is 2.50. The Morgan fingerprint density at radius 2 is 1.62 bits per heavy atom. The van der Waals surface area contributed by atoms with Crippen molar-refractivity contribution in [2.75, 3.05) is 5.73 Å². The maximum Gasteiger partial charge on any atom is 0.203 e. The van der Waals surface area contributed by atoms with Crippen molar-refractivity contribution in [2.45, 2.75) is 0 Å². The molecule has 0 bridgehead atoms. The minimum atomic E-state index is -1.12. The van der Waals surface area contributed by atoms with Gasteiger partial charge in [-0.15, -0.1) is 0 Å². The van der Waals surface area contributed by atoms with E-state index in [1.165, 1.54) is 6.07 Å². The fourth-order valence-electron chi connectivity index (χ4n) is 2.08. The molecule has 3 aromatic rings. The largest absolute Gasteiger partial charge is 0.451 e. The van der Waals surface area contributed by atoms with Crippen molar-refractivity contribution in [3.63, 3.8) is 0 Å². The molecule has 0 atom stereocenters. The number of hydrogen-bond acceptors (Lipinski definition) is 2. The smallest absolute Gasteiger partial charge is 0.203 e. The van der Waals surface area contributed by atoms with Gasteiger partial charge < -0.3 is 10.5 Å². The molecule has 0 aliphatic rings. The Balaban J connectivity index is 2.16. The number of benzene rings is 3. The molecule has 0 unspecified atom stereocenters. The summed E-state index contributed by atoms with van der Waals surface area (Å²) in [6.07, 6.45) is 0. The topological polar surface area (TPSA) is 35.2 Å². The highest BCUT2D eigenvalue weighted by molar-refractivity contribution is 6.35. The van der Waals surface area contributed by atoms with E-state index in [0.29, 0.717) is 16.2 Å². The number of ether oxygens (including phenoxy) is 1. The summed E-state index contributed by atoms with van der Waals surface area (Å²) in [6, 6.07) is 12.7. The first-order valence-corrected chi connectivity index (χ1v) is 6.54. The van der Waals surface area contributed by atoms with Crippen LogP contribution in [0, 0.1) is 11.6 Å². The first-order chi connectivity index (χ1) is 10.1. The maximum absolute atomic E-state index is 13.8. The van der Waals surface area contributed by atoms with Gasteiger partial charge >= 0.3 is 0 Å². The summed E-state index contributed by atoms with van der Waals surface area (Å²) in [4.78, 5) is 0. The third-order valence-electron chi connectivity index (χ3n) is 3.12. The van der Waals surface area contributed by atoms with E-state index < -0.39 is 11.6 Å². The van der Waals surface area contributed by atoms with Crippen molar-refractivity contribution in [3.8, 4) is 11.5 Å². The summed E-state index contributed by atoms with van der Waals surface area (Å²) in [5.41, 5.74) is 5.68. The number of fused-ring (bicyclic) bond motifs is 1. The van der Waals surface area contributed by atoms with Gasteiger partial charge in [-0.3, -0.25) is 0 Å². The lowest BCUT2D eigenvalue weighted by Gasteiger charge is -2.12. The number of nitrogen functional groups attached to an aromatic ring is 1. The average molecular weight is 306 g/mol. The normalized spacial score (nSPS) is 10.8. The highest BCUT2D eigenvalue weighted by atomic mass is 35.5. The second-order valence-electron chi connectivity index (χ2n) is 4.47. The standard InChI is InChI=1S/C16H10ClF2NO/c17-11-5-8-14(10-4-2-1-3-9(10)11)21-16-13(20)7-6-12(18)15(16)19/h1-8H,20H2. The monoisotopic (exact) mass is 305 g/mol. The zero-order valence-corrected chi connectivity index (χ0v) is 11.5. The first kappa shape index (κ1) is 13.6. The highest BCUT2D eigenvalue weighted by Crippen LogP contribution is 2.37. The van der Waals surface area contributed by atoms with Gasteiger partial charge in [0.2, 0.25) is 5.82 Å². The molecular weight excluding hydrogens is 296 g/mol. The molecule has 0 saturated carbocycles. The van der Waals surface area contributed by atoms with Crippen LogP contribution in [0.5, 0.6) is 11.5 Å². The molecule has 5 heteroatoms. The van der Waals surface area contributed by atoms with E-state index in [1.807, 2.05) is 12.1 Å². The molecule has 0 spiro atoms. The van der Waals surface area contributed by atoms with Crippen LogP contribution in [-0.4, -0.2) is 0 Å². The zero-order chi connectivity index (χ0) is 15.0. The Morgan fingerprint density at radius 1 is 0.905 bits per heavy atom. The van der Waals surface area contributed by atoms with Crippen molar-refractivity contribution in [1.29, 1.82) is 0 Å². The van der Waals surface area contributed by atoms with Crippen LogP contribution in [0.4, 0.5) is 14.5 Å². The van der Waals surface area contributed by atoms with Crippen LogP contribution < -0.4 is 10.5 Å². The summed E-state index contributed by atoms with van der Waals surface area (Å²) in [5, 5.41) is 1.99. The lowest BCUT2D eigenvalue weighted by atomic mass is 10.1. The third kappa shape index (κ3) is 2.38. The number of rotatable bonds is 2. The third-order valence-corrected chi connectivity index (χ3v) is 3.45. The van der Waals surface area contributed by atoms with Gasteiger partial charge in [0.15, 0.2) is 11.6 Å². The minimum absolute atomic E-state index is 0.0212. The Kier molecular flexibility index (Phi) is 3.39. The molecule has 2 nitrogen and oxygen atoms in total. The van der Waals surface area contributed by atoms with Crippen molar-refractivity contribution >= 4 is 28.1 Å². The number of halogens is 3. The van der Waals surface area contributed by atoms with Crippen LogP contribution in [0.1, 0.15) is 0 Å². The molecule has 0 aliphatic heterocycles. The molecular formula is C16H10ClF2NO. The number of anilines is 1. The van der Waals surface area contributed by atoms with Gasteiger partial charge in [-0.2, -0.15) is 4.39 Å². The Hall–Kier alpha value is -2.33. The highest BCUT2D eigenvalue weighted by Gasteiger charge is 2.15. The zero-order valence-electron chi connectivity index (χ0n) is 10.7. The summed E-state index contributed by atoms with van der Waals surface area (Å²) >= 11 is 6.11. The number of hydrogen-bond donors (Lipinski definition) is 1. The van der Waals surface area contributed by atoms with Gasteiger partial charge in [0.25, 0.3) is 0 Å². The van der Waals surface area contributed by atoms with Crippen molar-refractivity contribution in [1.82, 2.24) is 0 Å². The molecule has 0 amide bonds. The molecule has 106 valence electrons. The molecule has 0 fully saturated rings. The van der Waals surface area contributed by atoms with E-state index >= 15 is 0 Å². The fraction of sp³-hybridized carbons (Fsp3) is 0. The molecule has 0 aromatic heterocycles. The van der Waals surface area contributed by atoms with Gasteiger partial charge in [-0.05, 0) is 24.3 Å². The first-order valence-electron chi connectivity index (χ1n) is 6.16. The minimum Gasteiger partial charge on any atom is -0.451 e. The Morgan fingerprint density at radius 3 is 2.38 bits per heavy atom. The van der Waals surface area contributed by atoms with Crippen molar-refractivity contribution in [3.05, 3.63) is 65.2 Å². The molecule has 21 heavy (non-hydrogen) atoms. The SMILES string of the molecule is Nc1ccc(F)c(F)c1Oc1ccc(Cl)c2ccccc12. The van der Waals surface area contributed by atoms with Crippen molar-refractivity contribution < 1.29 is 13.5 Å². The number of nitrogens with two attached hydrogens (primary N) is 1. The van der Waals surface area contributed by atoms with Crippen molar-refractivity contribution in [2.24, 2.45) is 0 Å². The lowest BCUT2D eigenvalue weighted by Crippen LogP contribution is -1.98. The van der Waals surface area contributed by atoms with E-state index in [2.05, 4.69) is 0 Å². The summed E-state index contributed by atoms with van der Waals surface area (Å²) < 4.78 is 32.6. The summed E-state index contributed by atoms with van der Waals surface area (Å²) in [5.74, 6) is -2.11. The Bertz CT molecular complexity index is 836. The molecule has 3 rings (SSSR count). The lowest BCUT2D eigenvalue weighted by molar-refractivity contribution is 0.421.